The molecule has 1 aromatic rings. The average Bonchev–Trinajstić information content (AvgIpc) is 2.93. The monoisotopic (exact) mass is 448 g/mol. The Hall–Kier alpha value is -2.25. The van der Waals surface area contributed by atoms with E-state index in [-0.39, 0.29) is 10.4 Å². The Kier molecular flexibility index (Phi) is 6.34. The van der Waals surface area contributed by atoms with Gasteiger partial charge in [0, 0.05) is 22.8 Å². The second-order valence-corrected chi connectivity index (χ2v) is 9.27. The normalized spacial score (nSPS) is 19.3. The van der Waals surface area contributed by atoms with Crippen LogP contribution in [0.1, 0.15) is 45.2 Å². The van der Waals surface area contributed by atoms with Crippen LogP contribution in [0.5, 0.6) is 0 Å². The number of carbonyl (C=O) groups is 3. The Morgan fingerprint density at radius 3 is 2.63 bits per heavy atom. The van der Waals surface area contributed by atoms with Gasteiger partial charge in [0.2, 0.25) is 0 Å². The number of carbonyl (C=O) groups excluding carboxylic acids is 3. The predicted molar refractivity (Wildman–Crippen MR) is 122 cm³/mol. The zero-order valence-electron chi connectivity index (χ0n) is 17.7. The number of halogens is 1. The first-order valence-electron chi connectivity index (χ1n) is 9.72. The number of imide groups is 1. The molecule has 0 aliphatic carbocycles. The van der Waals surface area contributed by atoms with Crippen molar-refractivity contribution in [2.45, 2.75) is 39.7 Å². The van der Waals surface area contributed by atoms with E-state index in [4.69, 9.17) is 11.6 Å². The summed E-state index contributed by atoms with van der Waals surface area (Å²) in [4.78, 5) is 39.7. The van der Waals surface area contributed by atoms with Crippen LogP contribution in [0.15, 0.2) is 23.1 Å². The molecule has 160 valence electrons. The van der Waals surface area contributed by atoms with Crippen molar-refractivity contribution in [3.05, 3.63) is 39.3 Å². The Morgan fingerprint density at radius 2 is 2.00 bits per heavy atom. The van der Waals surface area contributed by atoms with Gasteiger partial charge in [-0.05, 0) is 68.3 Å². The lowest BCUT2D eigenvalue weighted by molar-refractivity contribution is -0.143. The van der Waals surface area contributed by atoms with Gasteiger partial charge in [-0.15, -0.1) is 0 Å². The maximum Gasteiger partial charge on any atom is 0.325 e. The fraction of sp³-hybridized carbons (Fsp3) is 0.409. The molecule has 0 N–H and O–H groups in total. The van der Waals surface area contributed by atoms with Crippen molar-refractivity contribution in [3.63, 3.8) is 0 Å². The average molecular weight is 449 g/mol. The van der Waals surface area contributed by atoms with Crippen molar-refractivity contribution in [2.75, 3.05) is 25.1 Å². The summed E-state index contributed by atoms with van der Waals surface area (Å²) in [6.45, 7) is 9.04. The van der Waals surface area contributed by atoms with Gasteiger partial charge in [-0.2, -0.15) is 0 Å². The maximum atomic E-state index is 12.6. The molecule has 8 heteroatoms. The molecule has 0 atom stereocenters. The summed E-state index contributed by atoms with van der Waals surface area (Å²) in [6.07, 6.45) is 4.84. The minimum absolute atomic E-state index is 0.130. The molecular weight excluding hydrogens is 424 g/mol. The van der Waals surface area contributed by atoms with Gasteiger partial charge in [0.1, 0.15) is 6.54 Å². The quantitative estimate of drug-likeness (QED) is 0.468. The molecule has 2 aliphatic heterocycles. The highest BCUT2D eigenvalue weighted by atomic mass is 35.5. The smallest absolute Gasteiger partial charge is 0.325 e. The summed E-state index contributed by atoms with van der Waals surface area (Å²) in [7, 11) is 1.21. The molecular formula is C22H25ClN2O4S. The molecule has 2 amide bonds. The first-order valence-corrected chi connectivity index (χ1v) is 10.9. The molecule has 6 nitrogen and oxygen atoms in total. The molecule has 1 saturated heterocycles. The first-order chi connectivity index (χ1) is 14.1. The van der Waals surface area contributed by atoms with Gasteiger partial charge in [-0.1, -0.05) is 24.6 Å². The summed E-state index contributed by atoms with van der Waals surface area (Å²) in [5.74, 6) is -1.17. The van der Waals surface area contributed by atoms with E-state index in [0.29, 0.717) is 10.6 Å². The van der Waals surface area contributed by atoms with Gasteiger partial charge < -0.3 is 9.64 Å². The molecule has 0 unspecified atom stereocenters. The Balaban J connectivity index is 2.00. The van der Waals surface area contributed by atoms with Crippen molar-refractivity contribution < 1.29 is 19.1 Å². The number of thioether (sulfide) groups is 1. The van der Waals surface area contributed by atoms with E-state index in [0.717, 1.165) is 46.5 Å². The van der Waals surface area contributed by atoms with Gasteiger partial charge in [-0.25, -0.2) is 0 Å². The van der Waals surface area contributed by atoms with Crippen molar-refractivity contribution >= 4 is 57.8 Å². The molecule has 0 bridgehead atoms. The van der Waals surface area contributed by atoms with Crippen molar-refractivity contribution in [2.24, 2.45) is 0 Å². The maximum absolute atomic E-state index is 12.6. The molecule has 3 rings (SSSR count). The van der Waals surface area contributed by atoms with Crippen LogP contribution in [-0.4, -0.2) is 47.8 Å². The number of benzene rings is 1. The number of anilines is 1. The number of nitrogens with zero attached hydrogens (tertiary/aromatic N) is 2. The summed E-state index contributed by atoms with van der Waals surface area (Å²) < 4.78 is 4.56. The third kappa shape index (κ3) is 4.14. The molecule has 30 heavy (non-hydrogen) atoms. The number of esters is 1. The summed E-state index contributed by atoms with van der Waals surface area (Å²) >= 11 is 7.38. The molecule has 1 fully saturated rings. The number of rotatable bonds is 5. The number of ether oxygens (including phenoxy) is 1. The minimum Gasteiger partial charge on any atom is -0.468 e. The Bertz CT molecular complexity index is 984. The zero-order chi connectivity index (χ0) is 22.2. The van der Waals surface area contributed by atoms with Crippen molar-refractivity contribution in [1.82, 2.24) is 4.90 Å². The topological polar surface area (TPSA) is 66.9 Å². The third-order valence-corrected chi connectivity index (χ3v) is 6.45. The van der Waals surface area contributed by atoms with Crippen LogP contribution in [0, 0.1) is 0 Å². The van der Waals surface area contributed by atoms with E-state index in [1.807, 2.05) is 12.1 Å². The van der Waals surface area contributed by atoms with Crippen LogP contribution >= 0.6 is 23.4 Å². The number of fused-ring (bicyclic) bond motifs is 1. The van der Waals surface area contributed by atoms with Crippen LogP contribution in [0.4, 0.5) is 10.5 Å². The molecule has 2 heterocycles. The van der Waals surface area contributed by atoms with E-state index in [2.05, 4.69) is 43.4 Å². The fourth-order valence-corrected chi connectivity index (χ4v) is 4.87. The summed E-state index contributed by atoms with van der Waals surface area (Å²) in [6, 6.07) is 3.88. The van der Waals surface area contributed by atoms with Gasteiger partial charge in [-0.3, -0.25) is 19.3 Å². The van der Waals surface area contributed by atoms with Gasteiger partial charge >= 0.3 is 5.97 Å². The highest BCUT2D eigenvalue weighted by Gasteiger charge is 2.37. The minimum atomic E-state index is -0.648. The van der Waals surface area contributed by atoms with Gasteiger partial charge in [0.25, 0.3) is 11.1 Å². The number of methoxy groups -OCH3 is 1. The van der Waals surface area contributed by atoms with Crippen LogP contribution in [-0.2, 0) is 14.3 Å². The summed E-state index contributed by atoms with van der Waals surface area (Å²) in [5, 5.41) is -0.00204. The van der Waals surface area contributed by atoms with Crippen LogP contribution in [0.3, 0.4) is 0 Å². The van der Waals surface area contributed by atoms with Gasteiger partial charge in [0.15, 0.2) is 0 Å². The van der Waals surface area contributed by atoms with Crippen LogP contribution in [0.25, 0.3) is 11.6 Å². The SMILES string of the molecule is CCCN1c2cc(Cl)c(/C=C3\SC(=O)N(CC(=O)OC)C3=O)cc2C(C)=CC1(C)C. The second-order valence-electron chi connectivity index (χ2n) is 7.87. The standard InChI is InChI=1S/C22H25ClN2O4S/c1-6-7-25-17-10-16(23)14(8-15(17)13(2)11-22(25,3)4)9-18-20(27)24(21(28)30-18)12-19(26)29-5/h8-11H,6-7,12H2,1-5H3/b18-9-. The number of hydrogen-bond acceptors (Lipinski definition) is 6. The van der Waals surface area contributed by atoms with E-state index < -0.39 is 23.7 Å². The highest BCUT2D eigenvalue weighted by Crippen LogP contribution is 2.42. The number of hydrogen-bond donors (Lipinski definition) is 0. The second kappa shape index (κ2) is 8.47. The molecule has 1 aromatic carbocycles. The van der Waals surface area contributed by atoms with Crippen molar-refractivity contribution in [3.8, 4) is 0 Å². The predicted octanol–water partition coefficient (Wildman–Crippen LogP) is 4.96. The third-order valence-electron chi connectivity index (χ3n) is 5.22. The summed E-state index contributed by atoms with van der Waals surface area (Å²) in [5.41, 5.74) is 3.76. The van der Waals surface area contributed by atoms with E-state index in [1.165, 1.54) is 7.11 Å². The van der Waals surface area contributed by atoms with E-state index in [1.54, 1.807) is 6.08 Å². The molecule has 0 saturated carbocycles. The molecule has 0 spiro atoms. The number of allylic oxidation sites excluding steroid dienone is 1. The Morgan fingerprint density at radius 1 is 1.30 bits per heavy atom. The van der Waals surface area contributed by atoms with E-state index >= 15 is 0 Å². The Labute approximate surface area is 185 Å². The van der Waals surface area contributed by atoms with Crippen LogP contribution < -0.4 is 4.90 Å². The molecule has 0 aromatic heterocycles. The largest absolute Gasteiger partial charge is 0.468 e. The lowest BCUT2D eigenvalue weighted by Gasteiger charge is -2.43. The molecule has 2 aliphatic rings. The van der Waals surface area contributed by atoms with Gasteiger partial charge in [0.05, 0.1) is 17.6 Å². The lowest BCUT2D eigenvalue weighted by Crippen LogP contribution is -2.45. The van der Waals surface area contributed by atoms with Crippen molar-refractivity contribution in [1.29, 1.82) is 0 Å². The fourth-order valence-electron chi connectivity index (χ4n) is 3.83. The zero-order valence-corrected chi connectivity index (χ0v) is 19.3. The highest BCUT2D eigenvalue weighted by molar-refractivity contribution is 8.18. The molecule has 0 radical (unpaired) electrons. The van der Waals surface area contributed by atoms with E-state index in [9.17, 15) is 14.4 Å². The lowest BCUT2D eigenvalue weighted by atomic mass is 9.87. The van der Waals surface area contributed by atoms with Crippen LogP contribution in [0.2, 0.25) is 5.02 Å². The number of amides is 2. The first kappa shape index (κ1) is 22.4.